The first kappa shape index (κ1) is 27.3. The molecule has 2 aliphatic heterocycles. The van der Waals surface area contributed by atoms with Gasteiger partial charge < -0.3 is 14.7 Å². The molecular formula is C33H43N3O4. The van der Waals surface area contributed by atoms with Crippen LogP contribution in [0.25, 0.3) is 0 Å². The van der Waals surface area contributed by atoms with Crippen molar-refractivity contribution in [2.75, 3.05) is 19.6 Å². The summed E-state index contributed by atoms with van der Waals surface area (Å²) < 4.78 is 6.41. The van der Waals surface area contributed by atoms with E-state index in [-0.39, 0.29) is 23.6 Å². The van der Waals surface area contributed by atoms with Crippen LogP contribution in [0.5, 0.6) is 5.75 Å². The molecule has 1 aromatic carbocycles. The van der Waals surface area contributed by atoms with Gasteiger partial charge in [0.2, 0.25) is 0 Å². The number of hydrogen-bond acceptors (Lipinski definition) is 5. The van der Waals surface area contributed by atoms with Crippen LogP contribution >= 0.6 is 0 Å². The zero-order valence-electron chi connectivity index (χ0n) is 24.2. The van der Waals surface area contributed by atoms with Crippen molar-refractivity contribution in [3.05, 3.63) is 57.4 Å². The number of piperidine rings is 1. The average Bonchev–Trinajstić information content (AvgIpc) is 3.62. The quantitative estimate of drug-likeness (QED) is 0.433. The minimum Gasteiger partial charge on any atom is -0.491 e. The number of carboxylic acid groups (broad SMARTS) is 1. The lowest BCUT2D eigenvalue weighted by Crippen LogP contribution is -2.50. The molecule has 0 atom stereocenters. The van der Waals surface area contributed by atoms with Gasteiger partial charge in [-0.25, -0.2) is 4.79 Å². The fourth-order valence-electron chi connectivity index (χ4n) is 7.19. The van der Waals surface area contributed by atoms with E-state index in [2.05, 4.69) is 35.9 Å². The second-order valence-corrected chi connectivity index (χ2v) is 12.7. The highest BCUT2D eigenvalue weighted by Gasteiger charge is 2.35. The molecule has 7 heteroatoms. The summed E-state index contributed by atoms with van der Waals surface area (Å²) in [5, 5.41) is 9.53. The van der Waals surface area contributed by atoms with E-state index in [0.29, 0.717) is 30.1 Å². The van der Waals surface area contributed by atoms with Crippen molar-refractivity contribution in [2.24, 2.45) is 0 Å². The molecule has 214 valence electrons. The smallest absolute Gasteiger partial charge is 0.337 e. The summed E-state index contributed by atoms with van der Waals surface area (Å²) in [6, 6.07) is 6.59. The van der Waals surface area contributed by atoms with Gasteiger partial charge in [-0.1, -0.05) is 18.9 Å². The number of likely N-dealkylation sites (tertiary alicyclic amines) is 1. The first-order chi connectivity index (χ1) is 19.3. The summed E-state index contributed by atoms with van der Waals surface area (Å²) in [6.07, 6.45) is 10.6. The number of aromatic carboxylic acids is 1. The molecule has 2 aromatic rings. The second-order valence-electron chi connectivity index (χ2n) is 12.7. The SMILES string of the molecule is Cc1nc2c(cc1C(=O)O)C(=O)N(C1CCN(Cc3cc(C4CC4)c(C4CCCC4)cc3OC(C)C)CC1)CC2. The van der Waals surface area contributed by atoms with Crippen LogP contribution in [-0.2, 0) is 13.0 Å². The Morgan fingerprint density at radius 3 is 2.33 bits per heavy atom. The first-order valence-electron chi connectivity index (χ1n) is 15.4. The highest BCUT2D eigenvalue weighted by Crippen LogP contribution is 2.48. The van der Waals surface area contributed by atoms with Crippen molar-refractivity contribution in [3.8, 4) is 5.75 Å². The molecule has 3 heterocycles. The second kappa shape index (κ2) is 11.2. The molecule has 1 saturated heterocycles. The number of fused-ring (bicyclic) bond motifs is 1. The predicted molar refractivity (Wildman–Crippen MR) is 154 cm³/mol. The van der Waals surface area contributed by atoms with Gasteiger partial charge in [0.1, 0.15) is 5.75 Å². The third-order valence-electron chi connectivity index (χ3n) is 9.44. The minimum atomic E-state index is -1.03. The molecular weight excluding hydrogens is 502 g/mol. The number of rotatable bonds is 8. The number of carboxylic acids is 1. The maximum atomic E-state index is 13.4. The maximum Gasteiger partial charge on any atom is 0.337 e. The summed E-state index contributed by atoms with van der Waals surface area (Å²) in [5.41, 5.74) is 6.22. The number of pyridine rings is 1. The Hall–Kier alpha value is -2.93. The lowest BCUT2D eigenvalue weighted by atomic mass is 9.88. The largest absolute Gasteiger partial charge is 0.491 e. The van der Waals surface area contributed by atoms with E-state index in [4.69, 9.17) is 4.74 Å². The lowest BCUT2D eigenvalue weighted by Gasteiger charge is -2.40. The van der Waals surface area contributed by atoms with Crippen LogP contribution in [0.1, 0.15) is 126 Å². The number of ether oxygens (including phenoxy) is 1. The highest BCUT2D eigenvalue weighted by atomic mass is 16.5. The molecule has 0 radical (unpaired) electrons. The Morgan fingerprint density at radius 2 is 1.68 bits per heavy atom. The fourth-order valence-corrected chi connectivity index (χ4v) is 7.19. The van der Waals surface area contributed by atoms with Gasteiger partial charge in [0.15, 0.2) is 0 Å². The zero-order valence-corrected chi connectivity index (χ0v) is 24.2. The van der Waals surface area contributed by atoms with E-state index >= 15 is 0 Å². The molecule has 2 aliphatic carbocycles. The van der Waals surface area contributed by atoms with Crippen LogP contribution in [0.4, 0.5) is 0 Å². The Kier molecular flexibility index (Phi) is 7.60. The molecule has 40 heavy (non-hydrogen) atoms. The molecule has 7 nitrogen and oxygen atoms in total. The van der Waals surface area contributed by atoms with Crippen LogP contribution in [0.2, 0.25) is 0 Å². The molecule has 0 spiro atoms. The number of carbonyl (C=O) groups excluding carboxylic acids is 1. The van der Waals surface area contributed by atoms with E-state index in [9.17, 15) is 14.7 Å². The normalized spacial score (nSPS) is 20.8. The van der Waals surface area contributed by atoms with Gasteiger partial charge in [0.25, 0.3) is 5.91 Å². The molecule has 3 fully saturated rings. The number of nitrogens with zero attached hydrogens (tertiary/aromatic N) is 3. The van der Waals surface area contributed by atoms with Crippen molar-refractivity contribution < 1.29 is 19.4 Å². The Morgan fingerprint density at radius 1 is 1.00 bits per heavy atom. The standard InChI is InChI=1S/C33H43N3O4/c1-20(2)40-31-18-28(22-6-4-5-7-22)27(23-8-9-23)16-24(31)19-35-13-10-25(11-14-35)36-15-12-30-29(32(36)37)17-26(33(38)39)21(3)34-30/h16-18,20,22-23,25H,4-15,19H2,1-3H3,(H,38,39). The lowest BCUT2D eigenvalue weighted by molar-refractivity contribution is 0.0542. The highest BCUT2D eigenvalue weighted by molar-refractivity contribution is 5.99. The molecule has 1 N–H and O–H groups in total. The van der Waals surface area contributed by atoms with Crippen LogP contribution in [-0.4, -0.2) is 63.5 Å². The van der Waals surface area contributed by atoms with Crippen molar-refractivity contribution >= 4 is 11.9 Å². The van der Waals surface area contributed by atoms with Crippen molar-refractivity contribution in [3.63, 3.8) is 0 Å². The average molecular weight is 546 g/mol. The van der Waals surface area contributed by atoms with Gasteiger partial charge >= 0.3 is 5.97 Å². The monoisotopic (exact) mass is 545 g/mol. The van der Waals surface area contributed by atoms with Crippen LogP contribution in [0.3, 0.4) is 0 Å². The number of hydrogen-bond donors (Lipinski definition) is 1. The molecule has 0 bridgehead atoms. The van der Waals surface area contributed by atoms with Gasteiger partial charge in [-0.3, -0.25) is 14.7 Å². The molecule has 0 unspecified atom stereocenters. The third-order valence-corrected chi connectivity index (χ3v) is 9.44. The summed E-state index contributed by atoms with van der Waals surface area (Å²) in [7, 11) is 0. The van der Waals surface area contributed by atoms with Crippen molar-refractivity contribution in [1.82, 2.24) is 14.8 Å². The van der Waals surface area contributed by atoms with Crippen LogP contribution in [0.15, 0.2) is 18.2 Å². The topological polar surface area (TPSA) is 83.0 Å². The maximum absolute atomic E-state index is 13.4. The van der Waals surface area contributed by atoms with E-state index in [1.807, 2.05) is 4.90 Å². The van der Waals surface area contributed by atoms with Crippen molar-refractivity contribution in [2.45, 2.75) is 109 Å². The summed E-state index contributed by atoms with van der Waals surface area (Å²) in [4.78, 5) is 34.0. The van der Waals surface area contributed by atoms with Gasteiger partial charge in [0.05, 0.1) is 28.6 Å². The molecule has 4 aliphatic rings. The zero-order chi connectivity index (χ0) is 28.0. The summed E-state index contributed by atoms with van der Waals surface area (Å²) in [5.74, 6) is 1.36. The van der Waals surface area contributed by atoms with E-state index < -0.39 is 5.97 Å². The Bertz CT molecular complexity index is 1290. The number of aromatic nitrogens is 1. The summed E-state index contributed by atoms with van der Waals surface area (Å²) >= 11 is 0. The molecule has 6 rings (SSSR count). The number of amides is 1. The number of aryl methyl sites for hydroxylation is 1. The van der Waals surface area contributed by atoms with Crippen molar-refractivity contribution in [1.29, 1.82) is 0 Å². The van der Waals surface area contributed by atoms with Gasteiger partial charge in [-0.15, -0.1) is 0 Å². The minimum absolute atomic E-state index is 0.0705. The molecule has 2 saturated carbocycles. The third kappa shape index (κ3) is 5.50. The van der Waals surface area contributed by atoms with E-state index in [1.165, 1.54) is 50.2 Å². The Balaban J connectivity index is 1.16. The predicted octanol–water partition coefficient (Wildman–Crippen LogP) is 6.07. The van der Waals surface area contributed by atoms with Gasteiger partial charge in [0, 0.05) is 44.2 Å². The summed E-state index contributed by atoms with van der Waals surface area (Å²) in [6.45, 7) is 9.31. The first-order valence-corrected chi connectivity index (χ1v) is 15.4. The van der Waals surface area contributed by atoms with E-state index in [0.717, 1.165) is 49.8 Å². The van der Waals surface area contributed by atoms with E-state index in [1.54, 1.807) is 18.1 Å². The molecule has 1 aromatic heterocycles. The number of benzene rings is 1. The van der Waals surface area contributed by atoms with Gasteiger partial charge in [-0.05, 0) is 94.4 Å². The fraction of sp³-hybridized carbons (Fsp3) is 0.606. The van der Waals surface area contributed by atoms with Crippen LogP contribution < -0.4 is 4.74 Å². The van der Waals surface area contributed by atoms with Gasteiger partial charge in [-0.2, -0.15) is 0 Å². The Labute approximate surface area is 237 Å². The number of carbonyl (C=O) groups is 2. The van der Waals surface area contributed by atoms with Crippen LogP contribution in [0, 0.1) is 6.92 Å². The molecule has 1 amide bonds.